The van der Waals surface area contributed by atoms with Crippen LogP contribution in [-0.2, 0) is 17.8 Å². The predicted octanol–water partition coefficient (Wildman–Crippen LogP) is 2.36. The Balaban J connectivity index is 1.82. The molecule has 1 amide bonds. The maximum Gasteiger partial charge on any atom is 0.257 e. The summed E-state index contributed by atoms with van der Waals surface area (Å²) in [5, 5.41) is 3.46. The number of amides is 1. The fourth-order valence-corrected chi connectivity index (χ4v) is 3.07. The number of ether oxygens (including phenoxy) is 1. The van der Waals surface area contributed by atoms with Gasteiger partial charge in [-0.05, 0) is 24.6 Å². The van der Waals surface area contributed by atoms with Crippen LogP contribution in [0.25, 0.3) is 0 Å². The molecule has 0 spiro atoms. The van der Waals surface area contributed by atoms with Crippen molar-refractivity contribution in [1.29, 1.82) is 0 Å². The highest BCUT2D eigenvalue weighted by atomic mass is 32.1. The van der Waals surface area contributed by atoms with Gasteiger partial charge in [-0.15, -0.1) is 0 Å². The Morgan fingerprint density at radius 1 is 1.50 bits per heavy atom. The van der Waals surface area contributed by atoms with Crippen LogP contribution < -0.4 is 11.1 Å². The Hall–Kier alpha value is -1.92. The molecule has 1 aromatic carbocycles. The molecule has 2 heterocycles. The van der Waals surface area contributed by atoms with E-state index in [0.29, 0.717) is 29.6 Å². The topological polar surface area (TPSA) is 77.2 Å². The van der Waals surface area contributed by atoms with E-state index < -0.39 is 0 Å². The Morgan fingerprint density at radius 2 is 2.35 bits per heavy atom. The van der Waals surface area contributed by atoms with Gasteiger partial charge in [-0.2, -0.15) is 0 Å². The van der Waals surface area contributed by atoms with Crippen LogP contribution in [-0.4, -0.2) is 17.5 Å². The zero-order valence-electron chi connectivity index (χ0n) is 11.1. The zero-order valence-corrected chi connectivity index (χ0v) is 11.9. The summed E-state index contributed by atoms with van der Waals surface area (Å²) in [6.07, 6.45) is 0.805. The Morgan fingerprint density at radius 3 is 3.15 bits per heavy atom. The lowest BCUT2D eigenvalue weighted by molar-refractivity contribution is 0.102. The SMILES string of the molecule is Cc1ccc(N)cc1C(=O)Nc1nc2c(s1)COCC2. The van der Waals surface area contributed by atoms with Crippen LogP contribution in [0, 0.1) is 6.92 Å². The minimum atomic E-state index is -0.179. The molecule has 0 radical (unpaired) electrons. The van der Waals surface area contributed by atoms with Gasteiger partial charge in [0, 0.05) is 17.7 Å². The number of carbonyl (C=O) groups is 1. The van der Waals surface area contributed by atoms with Gasteiger partial charge in [0.2, 0.25) is 0 Å². The standard InChI is InChI=1S/C14H15N3O2S/c1-8-2-3-9(15)6-10(8)13(18)17-14-16-11-4-5-19-7-12(11)20-14/h2-3,6H,4-5,7,15H2,1H3,(H,16,17,18). The number of rotatable bonds is 2. The molecule has 1 aliphatic heterocycles. The highest BCUT2D eigenvalue weighted by Gasteiger charge is 2.18. The summed E-state index contributed by atoms with van der Waals surface area (Å²) in [5.41, 5.74) is 8.80. The summed E-state index contributed by atoms with van der Waals surface area (Å²) < 4.78 is 5.37. The predicted molar refractivity (Wildman–Crippen MR) is 79.0 cm³/mol. The van der Waals surface area contributed by atoms with Gasteiger partial charge in [-0.25, -0.2) is 4.98 Å². The van der Waals surface area contributed by atoms with Crippen molar-refractivity contribution in [3.8, 4) is 0 Å². The molecule has 104 valence electrons. The van der Waals surface area contributed by atoms with Crippen LogP contribution in [0.15, 0.2) is 18.2 Å². The van der Waals surface area contributed by atoms with Crippen molar-refractivity contribution >= 4 is 28.1 Å². The second kappa shape index (κ2) is 5.22. The van der Waals surface area contributed by atoms with Crippen LogP contribution >= 0.6 is 11.3 Å². The number of aryl methyl sites for hydroxylation is 1. The van der Waals surface area contributed by atoms with E-state index in [4.69, 9.17) is 10.5 Å². The second-order valence-corrected chi connectivity index (χ2v) is 5.80. The van der Waals surface area contributed by atoms with Crippen molar-refractivity contribution in [3.63, 3.8) is 0 Å². The number of nitrogens with zero attached hydrogens (tertiary/aromatic N) is 1. The Labute approximate surface area is 120 Å². The highest BCUT2D eigenvalue weighted by molar-refractivity contribution is 7.15. The smallest absolute Gasteiger partial charge is 0.257 e. The molecule has 5 nitrogen and oxygen atoms in total. The summed E-state index contributed by atoms with van der Waals surface area (Å²) in [5.74, 6) is -0.179. The van der Waals surface area contributed by atoms with Gasteiger partial charge < -0.3 is 10.5 Å². The first kappa shape index (κ1) is 13.1. The lowest BCUT2D eigenvalue weighted by Gasteiger charge is -2.08. The zero-order chi connectivity index (χ0) is 14.1. The molecule has 0 saturated carbocycles. The van der Waals surface area contributed by atoms with Gasteiger partial charge in [0.05, 0.1) is 23.8 Å². The van der Waals surface area contributed by atoms with Crippen LogP contribution in [0.5, 0.6) is 0 Å². The first-order valence-electron chi connectivity index (χ1n) is 6.37. The van der Waals surface area contributed by atoms with Crippen molar-refractivity contribution in [3.05, 3.63) is 39.9 Å². The number of nitrogen functional groups attached to an aromatic ring is 1. The number of aromatic nitrogens is 1. The van der Waals surface area contributed by atoms with Gasteiger partial charge >= 0.3 is 0 Å². The van der Waals surface area contributed by atoms with E-state index in [9.17, 15) is 4.79 Å². The molecular weight excluding hydrogens is 274 g/mol. The number of nitrogens with two attached hydrogens (primary N) is 1. The molecule has 1 aromatic heterocycles. The van der Waals surface area contributed by atoms with Gasteiger partial charge in [-0.1, -0.05) is 17.4 Å². The van der Waals surface area contributed by atoms with E-state index in [1.54, 1.807) is 12.1 Å². The van der Waals surface area contributed by atoms with Crippen molar-refractivity contribution in [2.45, 2.75) is 20.0 Å². The van der Waals surface area contributed by atoms with Crippen LogP contribution in [0.1, 0.15) is 26.5 Å². The molecule has 0 unspecified atom stereocenters. The number of thiazole rings is 1. The molecule has 6 heteroatoms. The molecule has 3 N–H and O–H groups in total. The van der Waals surface area contributed by atoms with Crippen LogP contribution in [0.2, 0.25) is 0 Å². The molecule has 0 fully saturated rings. The van der Waals surface area contributed by atoms with E-state index >= 15 is 0 Å². The maximum atomic E-state index is 12.3. The number of hydrogen-bond acceptors (Lipinski definition) is 5. The quantitative estimate of drug-likeness (QED) is 0.832. The van der Waals surface area contributed by atoms with Gasteiger partial charge in [0.1, 0.15) is 0 Å². The van der Waals surface area contributed by atoms with Crippen LogP contribution in [0.4, 0.5) is 10.8 Å². The average molecular weight is 289 g/mol. The van der Waals surface area contributed by atoms with Crippen molar-refractivity contribution in [2.75, 3.05) is 17.7 Å². The monoisotopic (exact) mass is 289 g/mol. The fraction of sp³-hybridized carbons (Fsp3) is 0.286. The number of hydrogen-bond donors (Lipinski definition) is 2. The Bertz CT molecular complexity index is 643. The molecule has 0 saturated heterocycles. The minimum absolute atomic E-state index is 0.179. The first-order valence-corrected chi connectivity index (χ1v) is 7.19. The summed E-state index contributed by atoms with van der Waals surface area (Å²) in [7, 11) is 0. The molecule has 20 heavy (non-hydrogen) atoms. The van der Waals surface area contributed by atoms with Crippen LogP contribution in [0.3, 0.4) is 0 Å². The number of fused-ring (bicyclic) bond motifs is 1. The third-order valence-corrected chi connectivity index (χ3v) is 4.21. The van der Waals surface area contributed by atoms with E-state index in [-0.39, 0.29) is 5.91 Å². The maximum absolute atomic E-state index is 12.3. The van der Waals surface area contributed by atoms with E-state index in [1.165, 1.54) is 11.3 Å². The third kappa shape index (κ3) is 2.52. The lowest BCUT2D eigenvalue weighted by atomic mass is 10.1. The average Bonchev–Trinajstić information content (AvgIpc) is 2.83. The second-order valence-electron chi connectivity index (χ2n) is 4.72. The molecule has 0 bridgehead atoms. The fourth-order valence-electron chi connectivity index (χ4n) is 2.13. The number of benzene rings is 1. The molecule has 1 aliphatic rings. The highest BCUT2D eigenvalue weighted by Crippen LogP contribution is 2.27. The molecule has 0 aliphatic carbocycles. The Kier molecular flexibility index (Phi) is 3.42. The molecule has 3 rings (SSSR count). The normalized spacial score (nSPS) is 13.8. The third-order valence-electron chi connectivity index (χ3n) is 3.22. The van der Waals surface area contributed by atoms with E-state index in [2.05, 4.69) is 10.3 Å². The first-order chi connectivity index (χ1) is 9.63. The van der Waals surface area contributed by atoms with Gasteiger partial charge in [0.25, 0.3) is 5.91 Å². The van der Waals surface area contributed by atoms with E-state index in [1.807, 2.05) is 13.0 Å². The summed E-state index contributed by atoms with van der Waals surface area (Å²) in [6, 6.07) is 5.30. The minimum Gasteiger partial charge on any atom is -0.399 e. The largest absolute Gasteiger partial charge is 0.399 e. The number of anilines is 2. The van der Waals surface area contributed by atoms with Crippen molar-refractivity contribution in [2.24, 2.45) is 0 Å². The number of nitrogens with one attached hydrogen (secondary N) is 1. The molecule has 2 aromatic rings. The lowest BCUT2D eigenvalue weighted by Crippen LogP contribution is -2.13. The number of carbonyl (C=O) groups excluding carboxylic acids is 1. The summed E-state index contributed by atoms with van der Waals surface area (Å²) >= 11 is 1.47. The summed E-state index contributed by atoms with van der Waals surface area (Å²) in [6.45, 7) is 3.16. The van der Waals surface area contributed by atoms with E-state index in [0.717, 1.165) is 22.6 Å². The summed E-state index contributed by atoms with van der Waals surface area (Å²) in [4.78, 5) is 17.8. The molecule has 0 atom stereocenters. The van der Waals surface area contributed by atoms with Gasteiger partial charge in [-0.3, -0.25) is 10.1 Å². The molecular formula is C14H15N3O2S. The van der Waals surface area contributed by atoms with Crippen molar-refractivity contribution in [1.82, 2.24) is 4.98 Å². The van der Waals surface area contributed by atoms with Crippen molar-refractivity contribution < 1.29 is 9.53 Å². The van der Waals surface area contributed by atoms with Gasteiger partial charge in [0.15, 0.2) is 5.13 Å².